The molecule has 1 aliphatic heterocycles. The zero-order chi connectivity index (χ0) is 19.9. The average Bonchev–Trinajstić information content (AvgIpc) is 2.80. The molecule has 4 nitrogen and oxygen atoms in total. The highest BCUT2D eigenvalue weighted by Crippen LogP contribution is 2.22. The van der Waals surface area contributed by atoms with Crippen molar-refractivity contribution >= 4 is 17.3 Å². The minimum Gasteiger partial charge on any atom is -0.489 e. The molecular weight excluding hydrogens is 360 g/mol. The van der Waals surface area contributed by atoms with Gasteiger partial charge in [-0.1, -0.05) is 36.4 Å². The molecule has 0 unspecified atom stereocenters. The summed E-state index contributed by atoms with van der Waals surface area (Å²) in [6.45, 7) is 2.70. The van der Waals surface area contributed by atoms with E-state index in [0.29, 0.717) is 17.9 Å². The second-order valence-corrected chi connectivity index (χ2v) is 7.35. The smallest absolute Gasteiger partial charge is 0.255 e. The molecule has 0 aliphatic carbocycles. The molecule has 4 rings (SSSR count). The minimum absolute atomic E-state index is 0.138. The predicted molar refractivity (Wildman–Crippen MR) is 118 cm³/mol. The van der Waals surface area contributed by atoms with Crippen molar-refractivity contribution in [2.45, 2.75) is 25.9 Å². The molecule has 0 atom stereocenters. The Morgan fingerprint density at radius 3 is 2.38 bits per heavy atom. The monoisotopic (exact) mass is 386 g/mol. The molecule has 0 spiro atoms. The molecule has 29 heavy (non-hydrogen) atoms. The highest BCUT2D eigenvalue weighted by Gasteiger charge is 2.12. The van der Waals surface area contributed by atoms with E-state index in [-0.39, 0.29) is 5.91 Å². The molecule has 0 radical (unpaired) electrons. The zero-order valence-electron chi connectivity index (χ0n) is 16.5. The van der Waals surface area contributed by atoms with Gasteiger partial charge in [0, 0.05) is 30.0 Å². The number of carbonyl (C=O) groups excluding carboxylic acids is 1. The van der Waals surface area contributed by atoms with Gasteiger partial charge in [0.05, 0.1) is 0 Å². The Bertz CT molecular complexity index is 933. The summed E-state index contributed by atoms with van der Waals surface area (Å²) in [4.78, 5) is 15.1. The molecule has 0 saturated carbocycles. The number of carbonyl (C=O) groups is 1. The van der Waals surface area contributed by atoms with Gasteiger partial charge in [0.25, 0.3) is 5.91 Å². The number of nitrogens with zero attached hydrogens (tertiary/aromatic N) is 1. The Morgan fingerprint density at radius 1 is 0.862 bits per heavy atom. The number of amides is 1. The number of anilines is 2. The fourth-order valence-corrected chi connectivity index (χ4v) is 3.58. The van der Waals surface area contributed by atoms with Crippen LogP contribution in [0.2, 0.25) is 0 Å². The summed E-state index contributed by atoms with van der Waals surface area (Å²) in [5.41, 5.74) is 3.69. The van der Waals surface area contributed by atoms with Crippen molar-refractivity contribution in [3.63, 3.8) is 0 Å². The van der Waals surface area contributed by atoms with Crippen LogP contribution in [0.25, 0.3) is 0 Å². The Balaban J connectivity index is 1.36. The van der Waals surface area contributed by atoms with Crippen LogP contribution in [0.15, 0.2) is 78.9 Å². The van der Waals surface area contributed by atoms with E-state index in [9.17, 15) is 4.79 Å². The topological polar surface area (TPSA) is 41.6 Å². The van der Waals surface area contributed by atoms with Crippen LogP contribution in [-0.4, -0.2) is 19.0 Å². The number of ether oxygens (including phenoxy) is 1. The largest absolute Gasteiger partial charge is 0.489 e. The minimum atomic E-state index is -0.138. The second-order valence-electron chi connectivity index (χ2n) is 7.35. The SMILES string of the molecule is O=C(Nc1ccc(N2CCCCC2)cc1)c1cccc(OCc2ccccc2)c1. The summed E-state index contributed by atoms with van der Waals surface area (Å²) in [6, 6.07) is 25.4. The van der Waals surface area contributed by atoms with Crippen LogP contribution in [0.1, 0.15) is 35.2 Å². The Labute approximate surface area is 172 Å². The van der Waals surface area contributed by atoms with E-state index in [0.717, 1.165) is 24.3 Å². The summed E-state index contributed by atoms with van der Waals surface area (Å²) < 4.78 is 5.83. The molecule has 1 saturated heterocycles. The maximum absolute atomic E-state index is 12.7. The molecule has 3 aromatic rings. The predicted octanol–water partition coefficient (Wildman–Crippen LogP) is 5.51. The zero-order valence-corrected chi connectivity index (χ0v) is 16.5. The van der Waals surface area contributed by atoms with Gasteiger partial charge in [0.2, 0.25) is 0 Å². The van der Waals surface area contributed by atoms with Gasteiger partial charge in [-0.05, 0) is 67.3 Å². The molecule has 148 valence electrons. The Hall–Kier alpha value is -3.27. The standard InChI is InChI=1S/C25H26N2O2/c28-25(26-22-12-14-23(15-13-22)27-16-5-2-6-17-27)21-10-7-11-24(18-21)29-19-20-8-3-1-4-9-20/h1,3-4,7-15,18H,2,5-6,16-17,19H2,(H,26,28). The van der Waals surface area contributed by atoms with Gasteiger partial charge in [-0.2, -0.15) is 0 Å². The van der Waals surface area contributed by atoms with E-state index in [1.165, 1.54) is 24.9 Å². The number of benzene rings is 3. The second kappa shape index (κ2) is 9.28. The first-order valence-electron chi connectivity index (χ1n) is 10.2. The van der Waals surface area contributed by atoms with Gasteiger partial charge in [-0.3, -0.25) is 4.79 Å². The van der Waals surface area contributed by atoms with Gasteiger partial charge in [-0.15, -0.1) is 0 Å². The quantitative estimate of drug-likeness (QED) is 0.607. The van der Waals surface area contributed by atoms with E-state index < -0.39 is 0 Å². The molecule has 4 heteroatoms. The highest BCUT2D eigenvalue weighted by molar-refractivity contribution is 6.04. The highest BCUT2D eigenvalue weighted by atomic mass is 16.5. The molecule has 1 N–H and O–H groups in total. The molecule has 0 bridgehead atoms. The van der Waals surface area contributed by atoms with Gasteiger partial charge in [0.15, 0.2) is 0 Å². The van der Waals surface area contributed by atoms with Crippen molar-refractivity contribution in [3.8, 4) is 5.75 Å². The van der Waals surface area contributed by atoms with Crippen LogP contribution in [0.3, 0.4) is 0 Å². The first-order chi connectivity index (χ1) is 14.3. The molecule has 0 aromatic heterocycles. The molecule has 3 aromatic carbocycles. The molecule has 1 amide bonds. The van der Waals surface area contributed by atoms with Crippen LogP contribution < -0.4 is 15.0 Å². The van der Waals surface area contributed by atoms with Crippen molar-refractivity contribution in [1.29, 1.82) is 0 Å². The van der Waals surface area contributed by atoms with Gasteiger partial charge >= 0.3 is 0 Å². The lowest BCUT2D eigenvalue weighted by Gasteiger charge is -2.28. The van der Waals surface area contributed by atoms with Crippen LogP contribution in [0.4, 0.5) is 11.4 Å². The van der Waals surface area contributed by atoms with Crippen LogP contribution >= 0.6 is 0 Å². The van der Waals surface area contributed by atoms with Crippen molar-refractivity contribution < 1.29 is 9.53 Å². The lowest BCUT2D eigenvalue weighted by atomic mass is 10.1. The number of nitrogens with one attached hydrogen (secondary N) is 1. The van der Waals surface area contributed by atoms with Gasteiger partial charge in [0.1, 0.15) is 12.4 Å². The van der Waals surface area contributed by atoms with E-state index in [2.05, 4.69) is 22.3 Å². The lowest BCUT2D eigenvalue weighted by Crippen LogP contribution is -2.29. The number of rotatable bonds is 6. The first-order valence-corrected chi connectivity index (χ1v) is 10.2. The normalized spacial score (nSPS) is 13.7. The maximum atomic E-state index is 12.7. The third-order valence-corrected chi connectivity index (χ3v) is 5.19. The summed E-state index contributed by atoms with van der Waals surface area (Å²) in [7, 11) is 0. The van der Waals surface area contributed by atoms with Crippen LogP contribution in [0, 0.1) is 0 Å². The summed E-state index contributed by atoms with van der Waals surface area (Å²) in [5.74, 6) is 0.544. The van der Waals surface area contributed by atoms with Crippen molar-refractivity contribution in [2.75, 3.05) is 23.3 Å². The third kappa shape index (κ3) is 5.17. The van der Waals surface area contributed by atoms with Crippen LogP contribution in [-0.2, 0) is 6.61 Å². The van der Waals surface area contributed by atoms with Crippen molar-refractivity contribution in [2.24, 2.45) is 0 Å². The summed E-state index contributed by atoms with van der Waals surface area (Å²) >= 11 is 0. The van der Waals surface area contributed by atoms with E-state index in [1.54, 1.807) is 12.1 Å². The molecular formula is C25H26N2O2. The van der Waals surface area contributed by atoms with Gasteiger partial charge < -0.3 is 15.0 Å². The number of hydrogen-bond donors (Lipinski definition) is 1. The fourth-order valence-electron chi connectivity index (χ4n) is 3.58. The molecule has 1 fully saturated rings. The fraction of sp³-hybridized carbons (Fsp3) is 0.240. The summed E-state index contributed by atoms with van der Waals surface area (Å²) in [5, 5.41) is 2.98. The van der Waals surface area contributed by atoms with Gasteiger partial charge in [-0.25, -0.2) is 0 Å². The number of piperidine rings is 1. The van der Waals surface area contributed by atoms with Crippen molar-refractivity contribution in [3.05, 3.63) is 90.0 Å². The maximum Gasteiger partial charge on any atom is 0.255 e. The number of hydrogen-bond acceptors (Lipinski definition) is 3. The summed E-state index contributed by atoms with van der Waals surface area (Å²) in [6.07, 6.45) is 3.82. The van der Waals surface area contributed by atoms with Crippen LogP contribution in [0.5, 0.6) is 5.75 Å². The third-order valence-electron chi connectivity index (χ3n) is 5.19. The van der Waals surface area contributed by atoms with E-state index in [4.69, 9.17) is 4.74 Å². The molecule has 1 aliphatic rings. The van der Waals surface area contributed by atoms with E-state index >= 15 is 0 Å². The molecule has 1 heterocycles. The average molecular weight is 386 g/mol. The Kier molecular flexibility index (Phi) is 6.10. The van der Waals surface area contributed by atoms with E-state index in [1.807, 2.05) is 54.6 Å². The Morgan fingerprint density at radius 2 is 1.62 bits per heavy atom. The lowest BCUT2D eigenvalue weighted by molar-refractivity contribution is 0.102. The van der Waals surface area contributed by atoms with Crippen molar-refractivity contribution in [1.82, 2.24) is 0 Å². The first kappa shape index (κ1) is 19.1.